The van der Waals surface area contributed by atoms with Crippen LogP contribution in [-0.2, 0) is 21.9 Å². The van der Waals surface area contributed by atoms with Crippen LogP contribution < -0.4 is 0 Å². The number of aromatic nitrogens is 3. The Labute approximate surface area is 194 Å². The molecule has 0 radical (unpaired) electrons. The van der Waals surface area contributed by atoms with Crippen molar-refractivity contribution in [2.75, 3.05) is 18.8 Å². The number of piperidine rings is 1. The third kappa shape index (κ3) is 4.58. The van der Waals surface area contributed by atoms with Crippen LogP contribution in [0.4, 0.5) is 0 Å². The lowest BCUT2D eigenvalue weighted by atomic mass is 9.98. The number of amides is 1. The van der Waals surface area contributed by atoms with E-state index < -0.39 is 10.0 Å². The number of likely N-dealkylation sites (tertiary alicyclic amines) is 1. The van der Waals surface area contributed by atoms with Gasteiger partial charge in [0.15, 0.2) is 11.0 Å². The van der Waals surface area contributed by atoms with Gasteiger partial charge >= 0.3 is 0 Å². The molecule has 2 aliphatic rings. The first-order chi connectivity index (χ1) is 15.3. The lowest BCUT2D eigenvalue weighted by Gasteiger charge is -2.39. The van der Waals surface area contributed by atoms with Gasteiger partial charge in [0, 0.05) is 37.8 Å². The van der Waals surface area contributed by atoms with Crippen molar-refractivity contribution in [1.29, 1.82) is 0 Å². The summed E-state index contributed by atoms with van der Waals surface area (Å²) in [5.41, 5.74) is 0.789. The van der Waals surface area contributed by atoms with E-state index in [0.29, 0.717) is 34.7 Å². The average molecular weight is 478 g/mol. The summed E-state index contributed by atoms with van der Waals surface area (Å²) in [5, 5.41) is 9.21. The first kappa shape index (κ1) is 23.3. The number of thioether (sulfide) groups is 1. The molecule has 4 rings (SSSR count). The largest absolute Gasteiger partial charge is 0.337 e. The van der Waals surface area contributed by atoms with Gasteiger partial charge in [0.2, 0.25) is 15.9 Å². The van der Waals surface area contributed by atoms with Crippen molar-refractivity contribution in [3.8, 4) is 11.4 Å². The van der Waals surface area contributed by atoms with Gasteiger partial charge in [0.25, 0.3) is 0 Å². The highest BCUT2D eigenvalue weighted by Gasteiger charge is 2.29. The second-order valence-electron chi connectivity index (χ2n) is 8.72. The predicted octanol–water partition coefficient (Wildman–Crippen LogP) is 3.15. The Morgan fingerprint density at radius 1 is 1.03 bits per heavy atom. The molecule has 2 unspecified atom stereocenters. The minimum atomic E-state index is -3.44. The Morgan fingerprint density at radius 2 is 1.66 bits per heavy atom. The molecule has 0 spiro atoms. The minimum absolute atomic E-state index is 0.135. The van der Waals surface area contributed by atoms with Crippen molar-refractivity contribution in [1.82, 2.24) is 24.0 Å². The van der Waals surface area contributed by atoms with Gasteiger partial charge in [-0.2, -0.15) is 4.31 Å². The van der Waals surface area contributed by atoms with E-state index in [1.54, 1.807) is 28.6 Å². The zero-order chi connectivity index (χ0) is 22.9. The summed E-state index contributed by atoms with van der Waals surface area (Å²) < 4.78 is 28.9. The van der Waals surface area contributed by atoms with Gasteiger partial charge in [0.05, 0.1) is 10.6 Å². The van der Waals surface area contributed by atoms with Gasteiger partial charge in [-0.15, -0.1) is 10.2 Å². The highest BCUT2D eigenvalue weighted by molar-refractivity contribution is 7.99. The fourth-order valence-electron chi connectivity index (χ4n) is 4.66. The molecule has 174 valence electrons. The van der Waals surface area contributed by atoms with Gasteiger partial charge in [-0.3, -0.25) is 4.79 Å². The van der Waals surface area contributed by atoms with E-state index in [0.717, 1.165) is 31.2 Å². The molecule has 1 aromatic carbocycles. The van der Waals surface area contributed by atoms with Gasteiger partial charge < -0.3 is 9.47 Å². The van der Waals surface area contributed by atoms with E-state index in [-0.39, 0.29) is 18.0 Å². The monoisotopic (exact) mass is 477 g/mol. The van der Waals surface area contributed by atoms with Gasteiger partial charge in [-0.05, 0) is 70.2 Å². The normalized spacial score (nSPS) is 22.4. The molecule has 2 saturated heterocycles. The molecule has 2 atom stereocenters. The van der Waals surface area contributed by atoms with Gasteiger partial charge in [-0.25, -0.2) is 8.42 Å². The van der Waals surface area contributed by atoms with E-state index in [2.05, 4.69) is 24.0 Å². The Bertz CT molecular complexity index is 1050. The smallest absolute Gasteiger partial charge is 0.243 e. The number of benzene rings is 1. The van der Waals surface area contributed by atoms with Crippen molar-refractivity contribution in [2.24, 2.45) is 7.05 Å². The van der Waals surface area contributed by atoms with Crippen molar-refractivity contribution >= 4 is 27.7 Å². The SMILES string of the molecule is CC1CCCC(C)N1C(=O)CSc1nnc(-c2ccc(S(=O)(=O)N3CCCC3)cc2)n1C. The molecule has 2 aliphatic heterocycles. The summed E-state index contributed by atoms with van der Waals surface area (Å²) in [6.07, 6.45) is 5.10. The molecule has 3 heterocycles. The Balaban J connectivity index is 1.44. The number of sulfonamides is 1. The van der Waals surface area contributed by atoms with Crippen molar-refractivity contribution < 1.29 is 13.2 Å². The molecular weight excluding hydrogens is 446 g/mol. The van der Waals surface area contributed by atoms with E-state index in [1.807, 2.05) is 16.5 Å². The third-order valence-corrected chi connectivity index (χ3v) is 9.37. The van der Waals surface area contributed by atoms with Crippen LogP contribution in [0.3, 0.4) is 0 Å². The number of hydrogen-bond acceptors (Lipinski definition) is 6. The van der Waals surface area contributed by atoms with Crippen molar-refractivity contribution in [2.45, 2.75) is 68.1 Å². The summed E-state index contributed by atoms with van der Waals surface area (Å²) >= 11 is 1.39. The predicted molar refractivity (Wildman–Crippen MR) is 125 cm³/mol. The number of rotatable bonds is 6. The molecular formula is C22H31N5O3S2. The van der Waals surface area contributed by atoms with E-state index >= 15 is 0 Å². The number of hydrogen-bond donors (Lipinski definition) is 0. The molecule has 0 bridgehead atoms. The van der Waals surface area contributed by atoms with E-state index in [4.69, 9.17) is 0 Å². The maximum Gasteiger partial charge on any atom is 0.243 e. The molecule has 0 aliphatic carbocycles. The van der Waals surface area contributed by atoms with Gasteiger partial charge in [0.1, 0.15) is 0 Å². The lowest BCUT2D eigenvalue weighted by Crippen LogP contribution is -2.48. The summed E-state index contributed by atoms with van der Waals surface area (Å²) in [4.78, 5) is 15.1. The average Bonchev–Trinajstić information content (AvgIpc) is 3.43. The van der Waals surface area contributed by atoms with Crippen LogP contribution in [-0.4, -0.2) is 69.2 Å². The third-order valence-electron chi connectivity index (χ3n) is 6.46. The Morgan fingerprint density at radius 3 is 2.28 bits per heavy atom. The molecule has 1 aromatic heterocycles. The number of carbonyl (C=O) groups excluding carboxylic acids is 1. The summed E-state index contributed by atoms with van der Waals surface area (Å²) in [6.45, 7) is 5.40. The molecule has 2 aromatic rings. The van der Waals surface area contributed by atoms with Gasteiger partial charge in [-0.1, -0.05) is 11.8 Å². The molecule has 1 amide bonds. The van der Waals surface area contributed by atoms with Crippen LogP contribution in [0.15, 0.2) is 34.3 Å². The Kier molecular flexibility index (Phi) is 6.92. The first-order valence-electron chi connectivity index (χ1n) is 11.2. The van der Waals surface area contributed by atoms with Crippen molar-refractivity contribution in [3.63, 3.8) is 0 Å². The standard InChI is InChI=1S/C22H31N5O3S2/c1-16-7-6-8-17(2)27(16)20(28)15-31-22-24-23-21(25(22)3)18-9-11-19(12-10-18)32(29,30)26-13-4-5-14-26/h9-12,16-17H,4-8,13-15H2,1-3H3. The second-order valence-corrected chi connectivity index (χ2v) is 11.6. The molecule has 2 fully saturated rings. The summed E-state index contributed by atoms with van der Waals surface area (Å²) in [7, 11) is -1.57. The van der Waals surface area contributed by atoms with Crippen LogP contribution in [0.25, 0.3) is 11.4 Å². The quantitative estimate of drug-likeness (QED) is 0.594. The Hall–Kier alpha value is -1.91. The zero-order valence-electron chi connectivity index (χ0n) is 18.9. The fraction of sp³-hybridized carbons (Fsp3) is 0.591. The lowest BCUT2D eigenvalue weighted by molar-refractivity contribution is -0.134. The number of nitrogens with zero attached hydrogens (tertiary/aromatic N) is 5. The van der Waals surface area contributed by atoms with E-state index in [9.17, 15) is 13.2 Å². The van der Waals surface area contributed by atoms with Crippen LogP contribution in [0.2, 0.25) is 0 Å². The number of carbonyl (C=O) groups is 1. The highest BCUT2D eigenvalue weighted by atomic mass is 32.2. The van der Waals surface area contributed by atoms with Crippen LogP contribution in [0, 0.1) is 0 Å². The molecule has 10 heteroatoms. The van der Waals surface area contributed by atoms with E-state index in [1.165, 1.54) is 18.2 Å². The van der Waals surface area contributed by atoms with Crippen molar-refractivity contribution in [3.05, 3.63) is 24.3 Å². The molecule has 0 N–H and O–H groups in total. The summed E-state index contributed by atoms with van der Waals surface area (Å²) in [6, 6.07) is 7.35. The maximum atomic E-state index is 12.8. The zero-order valence-corrected chi connectivity index (χ0v) is 20.5. The minimum Gasteiger partial charge on any atom is -0.337 e. The molecule has 8 nitrogen and oxygen atoms in total. The molecule has 0 saturated carbocycles. The summed E-state index contributed by atoms with van der Waals surface area (Å²) in [5.74, 6) is 1.11. The van der Waals surface area contributed by atoms with Crippen LogP contribution in [0.1, 0.15) is 46.0 Å². The second kappa shape index (κ2) is 9.52. The fourth-order valence-corrected chi connectivity index (χ4v) is 6.96. The topological polar surface area (TPSA) is 88.4 Å². The van der Waals surface area contributed by atoms with Crippen LogP contribution in [0.5, 0.6) is 0 Å². The molecule has 32 heavy (non-hydrogen) atoms. The maximum absolute atomic E-state index is 12.8. The highest BCUT2D eigenvalue weighted by Crippen LogP contribution is 2.28. The van der Waals surface area contributed by atoms with Crippen LogP contribution >= 0.6 is 11.8 Å². The first-order valence-corrected chi connectivity index (χ1v) is 13.7.